The highest BCUT2D eigenvalue weighted by Gasteiger charge is 2.22. The number of rotatable bonds is 2. The molecule has 0 radical (unpaired) electrons. The van der Waals surface area contributed by atoms with Gasteiger partial charge in [-0.1, -0.05) is 11.2 Å². The van der Waals surface area contributed by atoms with Crippen LogP contribution in [0.3, 0.4) is 0 Å². The summed E-state index contributed by atoms with van der Waals surface area (Å²) in [5.74, 6) is 1.58. The van der Waals surface area contributed by atoms with E-state index >= 15 is 0 Å². The van der Waals surface area contributed by atoms with Crippen molar-refractivity contribution in [1.82, 2.24) is 24.7 Å². The highest BCUT2D eigenvalue weighted by Crippen LogP contribution is 2.30. The minimum absolute atomic E-state index is 0.749. The Kier molecular flexibility index (Phi) is 3.50. The standard InChI is InChI=1S/C20H20N6O/c1-12-19(13(2)27-24-12)14-4-5-16-15(8-14)9-21-20(23-16)26-7-6-18-17(10-26)22-11-25(18)3/h4-5,8-9,11H,6-7,10H2,1-3H3. The Labute approximate surface area is 156 Å². The van der Waals surface area contributed by atoms with Gasteiger partial charge in [-0.25, -0.2) is 15.0 Å². The van der Waals surface area contributed by atoms with Gasteiger partial charge in [0.2, 0.25) is 5.95 Å². The molecule has 0 spiro atoms. The fourth-order valence-corrected chi connectivity index (χ4v) is 3.85. The zero-order valence-electron chi connectivity index (χ0n) is 15.6. The number of hydrogen-bond donors (Lipinski definition) is 0. The third-order valence-corrected chi connectivity index (χ3v) is 5.28. The molecular weight excluding hydrogens is 340 g/mol. The third kappa shape index (κ3) is 2.58. The maximum absolute atomic E-state index is 5.30. The molecule has 0 aliphatic carbocycles. The van der Waals surface area contributed by atoms with Crippen molar-refractivity contribution >= 4 is 16.9 Å². The van der Waals surface area contributed by atoms with Crippen molar-refractivity contribution in [3.8, 4) is 11.1 Å². The van der Waals surface area contributed by atoms with Gasteiger partial charge in [-0.05, 0) is 31.5 Å². The van der Waals surface area contributed by atoms with Gasteiger partial charge in [0.25, 0.3) is 0 Å². The van der Waals surface area contributed by atoms with Crippen LogP contribution >= 0.6 is 0 Å². The molecule has 7 heteroatoms. The highest BCUT2D eigenvalue weighted by molar-refractivity contribution is 5.85. The van der Waals surface area contributed by atoms with Gasteiger partial charge in [0.15, 0.2) is 0 Å². The summed E-state index contributed by atoms with van der Waals surface area (Å²) >= 11 is 0. The molecule has 4 heterocycles. The van der Waals surface area contributed by atoms with E-state index in [2.05, 4.69) is 36.7 Å². The van der Waals surface area contributed by atoms with Crippen LogP contribution in [0.15, 0.2) is 35.2 Å². The van der Waals surface area contributed by atoms with Crippen molar-refractivity contribution < 1.29 is 4.52 Å². The summed E-state index contributed by atoms with van der Waals surface area (Å²) in [6, 6.07) is 6.20. The molecular formula is C20H20N6O. The molecule has 136 valence electrons. The maximum Gasteiger partial charge on any atom is 0.226 e. The van der Waals surface area contributed by atoms with Crippen LogP contribution in [0.5, 0.6) is 0 Å². The first-order valence-electron chi connectivity index (χ1n) is 9.04. The van der Waals surface area contributed by atoms with Gasteiger partial charge in [-0.2, -0.15) is 0 Å². The van der Waals surface area contributed by atoms with Crippen LogP contribution in [0.1, 0.15) is 22.8 Å². The number of aryl methyl sites for hydroxylation is 3. The van der Waals surface area contributed by atoms with Gasteiger partial charge >= 0.3 is 0 Å². The van der Waals surface area contributed by atoms with Gasteiger partial charge in [0.1, 0.15) is 5.76 Å². The van der Waals surface area contributed by atoms with E-state index in [-0.39, 0.29) is 0 Å². The van der Waals surface area contributed by atoms with Crippen LogP contribution in [0.25, 0.3) is 22.0 Å². The first-order valence-corrected chi connectivity index (χ1v) is 9.04. The summed E-state index contributed by atoms with van der Waals surface area (Å²) in [5.41, 5.74) is 6.36. The van der Waals surface area contributed by atoms with Crippen molar-refractivity contribution in [2.24, 2.45) is 7.05 Å². The average molecular weight is 360 g/mol. The number of anilines is 1. The van der Waals surface area contributed by atoms with Crippen molar-refractivity contribution in [3.05, 3.63) is 53.6 Å². The van der Waals surface area contributed by atoms with Crippen LogP contribution in [0.4, 0.5) is 5.95 Å². The van der Waals surface area contributed by atoms with Crippen LogP contribution in [0, 0.1) is 13.8 Å². The number of fused-ring (bicyclic) bond motifs is 2. The average Bonchev–Trinajstić information content (AvgIpc) is 3.22. The van der Waals surface area contributed by atoms with E-state index in [0.717, 1.165) is 64.6 Å². The zero-order valence-corrected chi connectivity index (χ0v) is 15.6. The molecule has 0 saturated carbocycles. The molecule has 1 aliphatic rings. The summed E-state index contributed by atoms with van der Waals surface area (Å²) in [6.45, 7) is 5.53. The highest BCUT2D eigenvalue weighted by atomic mass is 16.5. The molecule has 0 saturated heterocycles. The first-order chi connectivity index (χ1) is 13.1. The van der Waals surface area contributed by atoms with Crippen LogP contribution in [-0.2, 0) is 20.0 Å². The topological polar surface area (TPSA) is 72.9 Å². The van der Waals surface area contributed by atoms with E-state index in [0.29, 0.717) is 0 Å². The van der Waals surface area contributed by atoms with Crippen LogP contribution in [0.2, 0.25) is 0 Å². The molecule has 0 fully saturated rings. The maximum atomic E-state index is 5.30. The Morgan fingerprint density at radius 2 is 2.04 bits per heavy atom. The quantitative estimate of drug-likeness (QED) is 0.547. The summed E-state index contributed by atoms with van der Waals surface area (Å²) in [4.78, 5) is 16.1. The Balaban J connectivity index is 1.49. The van der Waals surface area contributed by atoms with Gasteiger partial charge < -0.3 is 14.0 Å². The largest absolute Gasteiger partial charge is 0.361 e. The predicted octanol–water partition coefficient (Wildman–Crippen LogP) is 3.20. The minimum atomic E-state index is 0.749. The molecule has 0 bridgehead atoms. The molecule has 0 N–H and O–H groups in total. The first kappa shape index (κ1) is 16.0. The smallest absolute Gasteiger partial charge is 0.226 e. The fraction of sp³-hybridized carbons (Fsp3) is 0.300. The number of imidazole rings is 1. The van der Waals surface area contributed by atoms with E-state index in [9.17, 15) is 0 Å². The number of aromatic nitrogens is 5. The van der Waals surface area contributed by atoms with E-state index in [4.69, 9.17) is 9.51 Å². The van der Waals surface area contributed by atoms with Crippen molar-refractivity contribution in [3.63, 3.8) is 0 Å². The molecule has 1 aromatic carbocycles. The third-order valence-electron chi connectivity index (χ3n) is 5.28. The molecule has 0 unspecified atom stereocenters. The minimum Gasteiger partial charge on any atom is -0.361 e. The van der Waals surface area contributed by atoms with Gasteiger partial charge in [0, 0.05) is 42.9 Å². The zero-order chi connectivity index (χ0) is 18.5. The normalized spacial score (nSPS) is 14.0. The predicted molar refractivity (Wildman–Crippen MR) is 102 cm³/mol. The van der Waals surface area contributed by atoms with Crippen LogP contribution < -0.4 is 4.90 Å². The summed E-state index contributed by atoms with van der Waals surface area (Å²) in [7, 11) is 2.05. The molecule has 7 nitrogen and oxygen atoms in total. The second-order valence-electron chi connectivity index (χ2n) is 7.06. The Morgan fingerprint density at radius 3 is 2.85 bits per heavy atom. The van der Waals surface area contributed by atoms with Crippen molar-refractivity contribution in [2.45, 2.75) is 26.8 Å². The van der Waals surface area contributed by atoms with E-state index in [1.54, 1.807) is 0 Å². The second kappa shape index (κ2) is 5.90. The van der Waals surface area contributed by atoms with Gasteiger partial charge in [-0.3, -0.25) is 0 Å². The summed E-state index contributed by atoms with van der Waals surface area (Å²) < 4.78 is 7.40. The number of nitrogens with zero attached hydrogens (tertiary/aromatic N) is 6. The SMILES string of the molecule is Cc1noc(C)c1-c1ccc2nc(N3CCc4c(ncn4C)C3)ncc2c1. The van der Waals surface area contributed by atoms with Gasteiger partial charge in [-0.15, -0.1) is 0 Å². The lowest BCUT2D eigenvalue weighted by Crippen LogP contribution is -2.32. The van der Waals surface area contributed by atoms with Gasteiger partial charge in [0.05, 0.1) is 29.8 Å². The molecule has 1 aliphatic heterocycles. The molecule has 0 atom stereocenters. The number of benzene rings is 1. The second-order valence-corrected chi connectivity index (χ2v) is 7.06. The lowest BCUT2D eigenvalue weighted by Gasteiger charge is -2.26. The van der Waals surface area contributed by atoms with E-state index in [1.165, 1.54) is 5.69 Å². The Bertz CT molecular complexity index is 1140. The Morgan fingerprint density at radius 1 is 1.15 bits per heavy atom. The molecule has 4 aromatic rings. The lowest BCUT2D eigenvalue weighted by molar-refractivity contribution is 0.393. The van der Waals surface area contributed by atoms with E-state index < -0.39 is 0 Å². The molecule has 0 amide bonds. The lowest BCUT2D eigenvalue weighted by atomic mass is 10.0. The number of hydrogen-bond acceptors (Lipinski definition) is 6. The molecule has 5 rings (SSSR count). The summed E-state index contributed by atoms with van der Waals surface area (Å²) in [5, 5.41) is 5.05. The fourth-order valence-electron chi connectivity index (χ4n) is 3.85. The molecule has 3 aromatic heterocycles. The van der Waals surface area contributed by atoms with Crippen molar-refractivity contribution in [1.29, 1.82) is 0 Å². The van der Waals surface area contributed by atoms with Crippen LogP contribution in [-0.4, -0.2) is 31.2 Å². The monoisotopic (exact) mass is 360 g/mol. The summed E-state index contributed by atoms with van der Waals surface area (Å²) in [6.07, 6.45) is 4.73. The van der Waals surface area contributed by atoms with E-state index in [1.807, 2.05) is 39.5 Å². The van der Waals surface area contributed by atoms with Crippen molar-refractivity contribution in [2.75, 3.05) is 11.4 Å². The Hall–Kier alpha value is -3.22. The molecule has 27 heavy (non-hydrogen) atoms.